The summed E-state index contributed by atoms with van der Waals surface area (Å²) in [6.07, 6.45) is 4.36. The Labute approximate surface area is 106 Å². The molecule has 1 aliphatic heterocycles. The monoisotopic (exact) mass is 250 g/mol. The first-order chi connectivity index (χ1) is 8.31. The summed E-state index contributed by atoms with van der Waals surface area (Å²) in [6.45, 7) is 1.80. The van der Waals surface area contributed by atoms with E-state index in [2.05, 4.69) is 10.6 Å². The predicted molar refractivity (Wildman–Crippen MR) is 71.6 cm³/mol. The predicted octanol–water partition coefficient (Wildman–Crippen LogP) is 1.89. The fourth-order valence-corrected chi connectivity index (χ4v) is 2.67. The van der Waals surface area contributed by atoms with E-state index in [4.69, 9.17) is 0 Å². The maximum atomic E-state index is 12.0. The molecule has 0 aromatic heterocycles. The highest BCUT2D eigenvalue weighted by Crippen LogP contribution is 2.19. The quantitative estimate of drug-likeness (QED) is 0.802. The molecule has 2 rings (SSSR count). The molecule has 1 amide bonds. The van der Waals surface area contributed by atoms with Gasteiger partial charge in [-0.1, -0.05) is 12.1 Å². The van der Waals surface area contributed by atoms with Crippen LogP contribution in [0.25, 0.3) is 0 Å². The second kappa shape index (κ2) is 6.07. The lowest BCUT2D eigenvalue weighted by Gasteiger charge is -2.12. The third-order valence-electron chi connectivity index (χ3n) is 3.02. The summed E-state index contributed by atoms with van der Waals surface area (Å²) in [6, 6.07) is 8.17. The van der Waals surface area contributed by atoms with Crippen LogP contribution in [-0.2, 0) is 0 Å². The number of hydrogen-bond donors (Lipinski definition) is 2. The molecule has 92 valence electrons. The minimum Gasteiger partial charge on any atom is -0.350 e. The smallest absolute Gasteiger partial charge is 0.252 e. The van der Waals surface area contributed by atoms with Crippen LogP contribution in [0.4, 0.5) is 0 Å². The second-order valence-corrected chi connectivity index (χ2v) is 5.05. The highest BCUT2D eigenvalue weighted by molar-refractivity contribution is 7.98. The van der Waals surface area contributed by atoms with Crippen LogP contribution in [0.15, 0.2) is 29.2 Å². The van der Waals surface area contributed by atoms with Gasteiger partial charge in [-0.15, -0.1) is 11.8 Å². The standard InChI is InChI=1S/C13H18N2OS/c1-17-12-7-3-2-6-11(12)13(16)15-9-10-5-4-8-14-10/h2-3,6-7,10,14H,4-5,8-9H2,1H3,(H,15,16). The van der Waals surface area contributed by atoms with Crippen LogP contribution in [0.2, 0.25) is 0 Å². The van der Waals surface area contributed by atoms with Crippen molar-refractivity contribution in [2.75, 3.05) is 19.3 Å². The van der Waals surface area contributed by atoms with Gasteiger partial charge in [0.1, 0.15) is 0 Å². The van der Waals surface area contributed by atoms with Gasteiger partial charge < -0.3 is 10.6 Å². The Morgan fingerprint density at radius 1 is 1.53 bits per heavy atom. The van der Waals surface area contributed by atoms with Gasteiger partial charge in [0, 0.05) is 17.5 Å². The lowest BCUT2D eigenvalue weighted by Crippen LogP contribution is -2.37. The molecular formula is C13H18N2OS. The van der Waals surface area contributed by atoms with Gasteiger partial charge in [0.05, 0.1) is 5.56 Å². The molecule has 0 radical (unpaired) electrons. The van der Waals surface area contributed by atoms with Gasteiger partial charge in [0.25, 0.3) is 5.91 Å². The number of rotatable bonds is 4. The maximum absolute atomic E-state index is 12.0. The third kappa shape index (κ3) is 3.23. The average Bonchev–Trinajstić information content (AvgIpc) is 2.89. The van der Waals surface area contributed by atoms with Crippen LogP contribution >= 0.6 is 11.8 Å². The van der Waals surface area contributed by atoms with E-state index in [9.17, 15) is 4.79 Å². The van der Waals surface area contributed by atoms with Crippen molar-refractivity contribution >= 4 is 17.7 Å². The largest absolute Gasteiger partial charge is 0.350 e. The van der Waals surface area contributed by atoms with E-state index >= 15 is 0 Å². The molecule has 1 unspecified atom stereocenters. The fourth-order valence-electron chi connectivity index (χ4n) is 2.07. The molecule has 1 aromatic carbocycles. The van der Waals surface area contributed by atoms with Gasteiger partial charge in [-0.05, 0) is 37.8 Å². The molecule has 2 N–H and O–H groups in total. The van der Waals surface area contributed by atoms with Crippen LogP contribution in [-0.4, -0.2) is 31.3 Å². The third-order valence-corrected chi connectivity index (χ3v) is 3.82. The van der Waals surface area contributed by atoms with Gasteiger partial charge in [-0.3, -0.25) is 4.79 Å². The number of amides is 1. The van der Waals surface area contributed by atoms with Gasteiger partial charge in [-0.2, -0.15) is 0 Å². The van der Waals surface area contributed by atoms with Crippen molar-refractivity contribution in [3.05, 3.63) is 29.8 Å². The van der Waals surface area contributed by atoms with E-state index in [0.717, 1.165) is 30.0 Å². The van der Waals surface area contributed by atoms with Crippen LogP contribution in [0.3, 0.4) is 0 Å². The van der Waals surface area contributed by atoms with Gasteiger partial charge in [0.15, 0.2) is 0 Å². The lowest BCUT2D eigenvalue weighted by molar-refractivity contribution is 0.0947. The second-order valence-electron chi connectivity index (χ2n) is 4.20. The number of thioether (sulfide) groups is 1. The van der Waals surface area contributed by atoms with E-state index in [1.807, 2.05) is 30.5 Å². The SMILES string of the molecule is CSc1ccccc1C(=O)NCC1CCCN1. The van der Waals surface area contributed by atoms with Crippen molar-refractivity contribution in [2.24, 2.45) is 0 Å². The number of nitrogens with one attached hydrogen (secondary N) is 2. The van der Waals surface area contributed by atoms with Crippen LogP contribution < -0.4 is 10.6 Å². The first-order valence-corrected chi connectivity index (χ1v) is 7.18. The molecule has 3 nitrogen and oxygen atoms in total. The fraction of sp³-hybridized carbons (Fsp3) is 0.462. The molecule has 0 saturated carbocycles. The molecule has 1 aliphatic rings. The molecule has 17 heavy (non-hydrogen) atoms. The number of carbonyl (C=O) groups is 1. The first-order valence-electron chi connectivity index (χ1n) is 5.96. The van der Waals surface area contributed by atoms with Crippen molar-refractivity contribution in [1.29, 1.82) is 0 Å². The average molecular weight is 250 g/mol. The van der Waals surface area contributed by atoms with Crippen molar-refractivity contribution in [3.8, 4) is 0 Å². The summed E-state index contributed by atoms with van der Waals surface area (Å²) in [7, 11) is 0. The van der Waals surface area contributed by atoms with Crippen molar-refractivity contribution in [1.82, 2.24) is 10.6 Å². The summed E-state index contributed by atoms with van der Waals surface area (Å²) in [5.74, 6) is 0.0312. The summed E-state index contributed by atoms with van der Waals surface area (Å²) in [5, 5.41) is 6.37. The van der Waals surface area contributed by atoms with Crippen molar-refractivity contribution < 1.29 is 4.79 Å². The molecule has 0 bridgehead atoms. The highest BCUT2D eigenvalue weighted by Gasteiger charge is 2.16. The van der Waals surface area contributed by atoms with Crippen molar-refractivity contribution in [2.45, 2.75) is 23.8 Å². The zero-order chi connectivity index (χ0) is 12.1. The minimum absolute atomic E-state index is 0.0312. The highest BCUT2D eigenvalue weighted by atomic mass is 32.2. The minimum atomic E-state index is 0.0312. The molecule has 1 aromatic rings. The summed E-state index contributed by atoms with van der Waals surface area (Å²) in [5.41, 5.74) is 0.776. The molecule has 1 atom stereocenters. The number of carbonyl (C=O) groups excluding carboxylic acids is 1. The van der Waals surface area contributed by atoms with Crippen molar-refractivity contribution in [3.63, 3.8) is 0 Å². The van der Waals surface area contributed by atoms with Gasteiger partial charge in [0.2, 0.25) is 0 Å². The molecule has 0 spiro atoms. The Bertz CT molecular complexity index is 389. The summed E-state index contributed by atoms with van der Waals surface area (Å²) in [4.78, 5) is 13.1. The van der Waals surface area contributed by atoms with E-state index in [1.165, 1.54) is 6.42 Å². The molecule has 4 heteroatoms. The zero-order valence-corrected chi connectivity index (χ0v) is 10.8. The molecule has 1 saturated heterocycles. The Morgan fingerprint density at radius 2 is 2.35 bits per heavy atom. The molecule has 1 fully saturated rings. The first kappa shape index (κ1) is 12.5. The maximum Gasteiger partial charge on any atom is 0.252 e. The Hall–Kier alpha value is -1.00. The van der Waals surface area contributed by atoms with E-state index < -0.39 is 0 Å². The Kier molecular flexibility index (Phi) is 4.45. The van der Waals surface area contributed by atoms with E-state index in [1.54, 1.807) is 11.8 Å². The zero-order valence-electron chi connectivity index (χ0n) is 10.0. The Balaban J connectivity index is 1.94. The molecular weight excluding hydrogens is 232 g/mol. The molecule has 1 heterocycles. The lowest BCUT2D eigenvalue weighted by atomic mass is 10.2. The van der Waals surface area contributed by atoms with Gasteiger partial charge in [-0.25, -0.2) is 0 Å². The van der Waals surface area contributed by atoms with Crippen LogP contribution in [0.1, 0.15) is 23.2 Å². The molecule has 0 aliphatic carbocycles. The van der Waals surface area contributed by atoms with E-state index in [0.29, 0.717) is 6.04 Å². The topological polar surface area (TPSA) is 41.1 Å². The summed E-state index contributed by atoms with van der Waals surface area (Å²) < 4.78 is 0. The number of benzene rings is 1. The number of hydrogen-bond acceptors (Lipinski definition) is 3. The van der Waals surface area contributed by atoms with Crippen LogP contribution in [0.5, 0.6) is 0 Å². The van der Waals surface area contributed by atoms with Crippen LogP contribution in [0, 0.1) is 0 Å². The normalized spacial score (nSPS) is 19.2. The summed E-state index contributed by atoms with van der Waals surface area (Å²) >= 11 is 1.61. The van der Waals surface area contributed by atoms with Gasteiger partial charge >= 0.3 is 0 Å². The van der Waals surface area contributed by atoms with E-state index in [-0.39, 0.29) is 5.91 Å². The Morgan fingerprint density at radius 3 is 3.06 bits per heavy atom.